The Morgan fingerprint density at radius 3 is 2.86 bits per heavy atom. The Morgan fingerprint density at radius 2 is 2.19 bits per heavy atom. The van der Waals surface area contributed by atoms with Crippen molar-refractivity contribution in [3.8, 4) is 5.75 Å². The van der Waals surface area contributed by atoms with E-state index in [0.717, 1.165) is 37.1 Å². The molecule has 0 radical (unpaired) electrons. The van der Waals surface area contributed by atoms with E-state index in [1.165, 1.54) is 0 Å². The summed E-state index contributed by atoms with van der Waals surface area (Å²) in [4.78, 5) is 13.8. The molecule has 0 bridgehead atoms. The van der Waals surface area contributed by atoms with Crippen LogP contribution in [0.3, 0.4) is 0 Å². The lowest BCUT2D eigenvalue weighted by Crippen LogP contribution is -2.51. The number of hydrogen-bond donors (Lipinski definition) is 1. The highest BCUT2D eigenvalue weighted by atomic mass is 16.5. The van der Waals surface area contributed by atoms with E-state index in [4.69, 9.17) is 4.74 Å². The largest absolute Gasteiger partial charge is 0.492 e. The Balaban J connectivity index is 1.95. The van der Waals surface area contributed by atoms with Crippen LogP contribution in [0.5, 0.6) is 5.75 Å². The Hall–Kier alpha value is -1.55. The molecule has 1 fully saturated rings. The number of aliphatic carboxylic acids is 1. The lowest BCUT2D eigenvalue weighted by molar-refractivity contribution is -0.150. The Bertz CT molecular complexity index is 489. The average molecular weight is 291 g/mol. The summed E-state index contributed by atoms with van der Waals surface area (Å²) in [5.74, 6) is 0.200. The van der Waals surface area contributed by atoms with Gasteiger partial charge >= 0.3 is 5.97 Å². The Labute approximate surface area is 126 Å². The molecule has 1 heterocycles. The molecule has 1 atom stereocenters. The van der Waals surface area contributed by atoms with E-state index in [2.05, 4.69) is 4.90 Å². The van der Waals surface area contributed by atoms with Gasteiger partial charge in [0.25, 0.3) is 0 Å². The summed E-state index contributed by atoms with van der Waals surface area (Å²) in [7, 11) is 0. The minimum Gasteiger partial charge on any atom is -0.492 e. The summed E-state index contributed by atoms with van der Waals surface area (Å²) in [5.41, 5.74) is 0.432. The molecule has 1 saturated heterocycles. The van der Waals surface area contributed by atoms with Crippen molar-refractivity contribution in [3.63, 3.8) is 0 Å². The van der Waals surface area contributed by atoms with Crippen LogP contribution in [0.25, 0.3) is 0 Å². The quantitative estimate of drug-likeness (QED) is 0.838. The molecule has 1 aliphatic rings. The van der Waals surface area contributed by atoms with Gasteiger partial charge in [-0.3, -0.25) is 9.69 Å². The minimum absolute atomic E-state index is 0.531. The van der Waals surface area contributed by atoms with Crippen molar-refractivity contribution in [2.24, 2.45) is 0 Å². The molecular formula is C17H25NO3. The van der Waals surface area contributed by atoms with Gasteiger partial charge in [0.1, 0.15) is 17.9 Å². The van der Waals surface area contributed by atoms with Gasteiger partial charge in [-0.15, -0.1) is 0 Å². The van der Waals surface area contributed by atoms with Gasteiger partial charge in [0.15, 0.2) is 0 Å². The molecule has 1 aromatic rings. The number of para-hydroxylation sites is 1. The smallest absolute Gasteiger partial charge is 0.324 e. The van der Waals surface area contributed by atoms with Gasteiger partial charge in [-0.25, -0.2) is 0 Å². The summed E-state index contributed by atoms with van der Waals surface area (Å²) in [5, 5.41) is 9.64. The number of nitrogens with zero attached hydrogens (tertiary/aromatic N) is 1. The van der Waals surface area contributed by atoms with Gasteiger partial charge in [-0.2, -0.15) is 0 Å². The number of carbonyl (C=O) groups is 1. The third-order valence-electron chi connectivity index (χ3n) is 4.40. The fraction of sp³-hybridized carbons (Fsp3) is 0.588. The minimum atomic E-state index is -0.683. The summed E-state index contributed by atoms with van der Waals surface area (Å²) >= 11 is 0. The molecule has 1 N–H and O–H groups in total. The second-order valence-electron chi connectivity index (χ2n) is 5.79. The maximum atomic E-state index is 11.7. The third-order valence-corrected chi connectivity index (χ3v) is 4.40. The van der Waals surface area contributed by atoms with Gasteiger partial charge in [0, 0.05) is 6.54 Å². The first kappa shape index (κ1) is 15.8. The van der Waals surface area contributed by atoms with Crippen molar-refractivity contribution in [3.05, 3.63) is 29.8 Å². The van der Waals surface area contributed by atoms with E-state index in [-0.39, 0.29) is 0 Å². The van der Waals surface area contributed by atoms with Crippen LogP contribution in [-0.4, -0.2) is 41.2 Å². The second-order valence-corrected chi connectivity index (χ2v) is 5.79. The normalized spacial score (nSPS) is 22.4. The first-order valence-corrected chi connectivity index (χ1v) is 7.77. The van der Waals surface area contributed by atoms with Crippen LogP contribution in [0.4, 0.5) is 0 Å². The molecule has 1 aliphatic heterocycles. The highest BCUT2D eigenvalue weighted by molar-refractivity contribution is 5.79. The summed E-state index contributed by atoms with van der Waals surface area (Å²) < 4.78 is 5.82. The van der Waals surface area contributed by atoms with Crippen LogP contribution in [0.2, 0.25) is 0 Å². The van der Waals surface area contributed by atoms with E-state index in [1.54, 1.807) is 0 Å². The number of carboxylic acids is 1. The molecular weight excluding hydrogens is 266 g/mol. The summed E-state index contributed by atoms with van der Waals surface area (Å²) in [6, 6.07) is 7.91. The van der Waals surface area contributed by atoms with Crippen LogP contribution >= 0.6 is 0 Å². The first-order valence-electron chi connectivity index (χ1n) is 7.77. The molecule has 1 unspecified atom stereocenters. The predicted molar refractivity (Wildman–Crippen MR) is 82.8 cm³/mol. The maximum Gasteiger partial charge on any atom is 0.324 e. The number of ether oxygens (including phenoxy) is 1. The number of likely N-dealkylation sites (tertiary alicyclic amines) is 1. The second kappa shape index (κ2) is 6.94. The standard InChI is InChI=1S/C17H25NO3/c1-3-9-17(16(19)20)10-6-11-18(17)12-13-21-15-8-5-4-7-14(15)2/h4-5,7-8H,3,6,9-13H2,1-2H3,(H,19,20). The van der Waals surface area contributed by atoms with Crippen LogP contribution in [0.15, 0.2) is 24.3 Å². The summed E-state index contributed by atoms with van der Waals surface area (Å²) in [6.45, 7) is 6.11. The zero-order chi connectivity index (χ0) is 15.3. The topological polar surface area (TPSA) is 49.8 Å². The maximum absolute atomic E-state index is 11.7. The van der Waals surface area contributed by atoms with E-state index in [9.17, 15) is 9.90 Å². The van der Waals surface area contributed by atoms with Gasteiger partial charge in [0.05, 0.1) is 0 Å². The van der Waals surface area contributed by atoms with Crippen molar-refractivity contribution >= 4 is 5.97 Å². The number of carboxylic acid groups (broad SMARTS) is 1. The molecule has 4 heteroatoms. The molecule has 4 nitrogen and oxygen atoms in total. The van der Waals surface area contributed by atoms with E-state index in [1.807, 2.05) is 38.1 Å². The number of hydrogen-bond acceptors (Lipinski definition) is 3. The molecule has 2 rings (SSSR count). The number of aryl methyl sites for hydroxylation is 1. The van der Waals surface area contributed by atoms with Crippen molar-refractivity contribution in [1.29, 1.82) is 0 Å². The van der Waals surface area contributed by atoms with Gasteiger partial charge in [-0.1, -0.05) is 31.5 Å². The molecule has 0 saturated carbocycles. The highest BCUT2D eigenvalue weighted by Gasteiger charge is 2.46. The fourth-order valence-electron chi connectivity index (χ4n) is 3.29. The fourth-order valence-corrected chi connectivity index (χ4v) is 3.29. The van der Waals surface area contributed by atoms with E-state index >= 15 is 0 Å². The van der Waals surface area contributed by atoms with Crippen LogP contribution in [-0.2, 0) is 4.79 Å². The number of rotatable bonds is 7. The lowest BCUT2D eigenvalue weighted by Gasteiger charge is -2.34. The zero-order valence-electron chi connectivity index (χ0n) is 13.0. The highest BCUT2D eigenvalue weighted by Crippen LogP contribution is 2.33. The zero-order valence-corrected chi connectivity index (χ0v) is 13.0. The molecule has 21 heavy (non-hydrogen) atoms. The third kappa shape index (κ3) is 3.38. The summed E-state index contributed by atoms with van der Waals surface area (Å²) in [6.07, 6.45) is 3.31. The van der Waals surface area contributed by atoms with Crippen molar-refractivity contribution < 1.29 is 14.6 Å². The number of benzene rings is 1. The molecule has 0 aliphatic carbocycles. The molecule has 0 spiro atoms. The monoisotopic (exact) mass is 291 g/mol. The van der Waals surface area contributed by atoms with E-state index < -0.39 is 11.5 Å². The van der Waals surface area contributed by atoms with Gasteiger partial charge in [-0.05, 0) is 44.4 Å². The first-order chi connectivity index (χ1) is 10.1. The SMILES string of the molecule is CCCC1(C(=O)O)CCCN1CCOc1ccccc1C. The Morgan fingerprint density at radius 1 is 1.43 bits per heavy atom. The molecule has 116 valence electrons. The van der Waals surface area contributed by atoms with Crippen LogP contribution in [0, 0.1) is 6.92 Å². The molecule has 0 amide bonds. The van der Waals surface area contributed by atoms with Gasteiger partial charge in [0.2, 0.25) is 0 Å². The molecule has 0 aromatic heterocycles. The van der Waals surface area contributed by atoms with Crippen molar-refractivity contribution in [1.82, 2.24) is 4.90 Å². The van der Waals surface area contributed by atoms with Crippen LogP contribution in [0.1, 0.15) is 38.2 Å². The molecule has 1 aromatic carbocycles. The average Bonchev–Trinajstić information content (AvgIpc) is 2.86. The van der Waals surface area contributed by atoms with Gasteiger partial charge < -0.3 is 9.84 Å². The predicted octanol–water partition coefficient (Wildman–Crippen LogP) is 3.09. The van der Waals surface area contributed by atoms with Crippen molar-refractivity contribution in [2.75, 3.05) is 19.7 Å². The van der Waals surface area contributed by atoms with Crippen LogP contribution < -0.4 is 4.74 Å². The Kier molecular flexibility index (Phi) is 5.23. The lowest BCUT2D eigenvalue weighted by atomic mass is 9.91. The van der Waals surface area contributed by atoms with Crippen molar-refractivity contribution in [2.45, 2.75) is 45.1 Å². The van der Waals surface area contributed by atoms with E-state index in [0.29, 0.717) is 19.6 Å².